The number of likely N-dealkylation sites (N-methyl/N-ethyl adjacent to an activating group) is 1. The zero-order chi connectivity index (χ0) is 30.9. The summed E-state index contributed by atoms with van der Waals surface area (Å²) in [6.07, 6.45) is -2.97. The number of aliphatic hydroxyl groups excluding tert-OH is 2. The van der Waals surface area contributed by atoms with Crippen molar-refractivity contribution in [1.82, 2.24) is 4.90 Å². The van der Waals surface area contributed by atoms with Crippen molar-refractivity contribution in [2.75, 3.05) is 19.4 Å². The van der Waals surface area contributed by atoms with Crippen LogP contribution in [0.25, 0.3) is 0 Å². The zero-order valence-corrected chi connectivity index (χ0v) is 21.8. The maximum atomic E-state index is 13.8. The average Bonchev–Trinajstić information content (AvgIpc) is 2.83. The highest BCUT2D eigenvalue weighted by Gasteiger charge is 2.65. The van der Waals surface area contributed by atoms with Crippen molar-refractivity contribution in [2.45, 2.75) is 24.2 Å². The van der Waals surface area contributed by atoms with Crippen molar-refractivity contribution in [3.8, 4) is 5.75 Å². The average molecular weight is 598 g/mol. The minimum atomic E-state index is -5.49. The molecular weight excluding hydrogens is 576 g/mol. The molecule has 1 aromatic rings. The second kappa shape index (κ2) is 9.59. The van der Waals surface area contributed by atoms with Crippen molar-refractivity contribution >= 4 is 45.7 Å². The minimum Gasteiger partial charge on any atom is -0.510 e. The lowest BCUT2D eigenvalue weighted by Gasteiger charge is -2.50. The first-order valence-corrected chi connectivity index (χ1v) is 12.8. The third-order valence-electron chi connectivity index (χ3n) is 7.40. The van der Waals surface area contributed by atoms with Gasteiger partial charge < -0.3 is 31.5 Å². The molecule has 2 amide bonds. The van der Waals surface area contributed by atoms with Gasteiger partial charge >= 0.3 is 10.4 Å². The van der Waals surface area contributed by atoms with E-state index in [-0.39, 0.29) is 6.41 Å². The van der Waals surface area contributed by atoms with Gasteiger partial charge in [-0.25, -0.2) is 4.18 Å². The number of carbonyl (C=O) groups excluding carboxylic acids is 4. The fourth-order valence-electron chi connectivity index (χ4n) is 5.89. The highest BCUT2D eigenvalue weighted by Crippen LogP contribution is 2.58. The summed E-state index contributed by atoms with van der Waals surface area (Å²) in [4.78, 5) is 62.3. The Kier molecular flexibility index (Phi) is 6.91. The number of nitrogens with two attached hydrogens (primary N) is 1. The molecule has 0 saturated carbocycles. The number of ketones is 2. The molecule has 3 aliphatic carbocycles. The van der Waals surface area contributed by atoms with E-state index in [1.54, 1.807) is 0 Å². The molecule has 5 atom stereocenters. The molecule has 0 radical (unpaired) electrons. The van der Waals surface area contributed by atoms with Gasteiger partial charge in [-0.15, -0.1) is 0 Å². The first-order chi connectivity index (χ1) is 18.9. The van der Waals surface area contributed by atoms with Gasteiger partial charge in [0.1, 0.15) is 23.2 Å². The number of nitro groups is 1. The number of rotatable bonds is 7. The fourth-order valence-corrected chi connectivity index (χ4v) is 6.38. The molecule has 3 unspecified atom stereocenters. The number of Topliss-reactive ketones (excluding diaryl/α,β-unsaturated/α-hetero) is 2. The molecule has 18 nitrogen and oxygen atoms in total. The van der Waals surface area contributed by atoms with Crippen molar-refractivity contribution in [2.24, 2.45) is 17.6 Å². The van der Waals surface area contributed by atoms with Crippen LogP contribution in [0.4, 0.5) is 11.4 Å². The van der Waals surface area contributed by atoms with Gasteiger partial charge in [0.25, 0.3) is 11.6 Å². The Morgan fingerprint density at radius 1 is 1.29 bits per heavy atom. The first-order valence-electron chi connectivity index (χ1n) is 11.4. The number of carbonyl (C=O) groups is 4. The summed E-state index contributed by atoms with van der Waals surface area (Å²) in [5.41, 5.74) is -3.63. The maximum Gasteiger partial charge on any atom is 0.397 e. The van der Waals surface area contributed by atoms with Crippen molar-refractivity contribution in [1.29, 1.82) is 0 Å². The Bertz CT molecular complexity index is 1610. The van der Waals surface area contributed by atoms with E-state index in [0.29, 0.717) is 6.07 Å². The number of aliphatic hydroxyl groups is 3. The van der Waals surface area contributed by atoms with E-state index in [2.05, 4.69) is 0 Å². The highest BCUT2D eigenvalue weighted by molar-refractivity contribution is 7.80. The van der Waals surface area contributed by atoms with E-state index in [9.17, 15) is 62.7 Å². The minimum absolute atomic E-state index is 0.00956. The molecule has 0 heterocycles. The standard InChI is InChI=1S/C22H22N4O14S/c1-25(2)14-7-3-6-10(19(31)22(7,34)20(32)13(17(14)30)21(23)33)16(29)12-11(18(6)40-41(37,38)39)9(26(35)36)4-8(15(12)28)24-5-27/h4-7,14,18,28,30-31,34H,3H2,1-2H3,(H2,23,33)(H,24,27)(H,37,38,39)/t6?,7?,14-,18?,22-/m0/s1. The zero-order valence-electron chi connectivity index (χ0n) is 21.0. The van der Waals surface area contributed by atoms with E-state index < -0.39 is 120 Å². The SMILES string of the molecule is CN(C)[C@@H]1C(O)=C(C(N)=O)C(=O)[C@@]2(O)C(O)=C3C(=O)c4c(O)c(NC=O)cc([N+](=O)[O-])c4C(OS(=O)(=O)O)C3CC12. The quantitative estimate of drug-likeness (QED) is 0.0490. The lowest BCUT2D eigenvalue weighted by molar-refractivity contribution is -0.386. The molecule has 220 valence electrons. The number of hydrogen-bond acceptors (Lipinski definition) is 14. The van der Waals surface area contributed by atoms with Crippen LogP contribution in [0, 0.1) is 22.0 Å². The molecule has 0 fully saturated rings. The van der Waals surface area contributed by atoms with Crippen LogP contribution >= 0.6 is 0 Å². The summed E-state index contributed by atoms with van der Waals surface area (Å²) in [7, 11) is -2.82. The van der Waals surface area contributed by atoms with E-state index in [4.69, 9.17) is 9.92 Å². The lowest BCUT2D eigenvalue weighted by atomic mass is 9.58. The van der Waals surface area contributed by atoms with Gasteiger partial charge in [-0.1, -0.05) is 0 Å². The van der Waals surface area contributed by atoms with Gasteiger partial charge in [-0.05, 0) is 20.5 Å². The van der Waals surface area contributed by atoms with Gasteiger partial charge in [0.15, 0.2) is 17.1 Å². The Morgan fingerprint density at radius 2 is 1.90 bits per heavy atom. The van der Waals surface area contributed by atoms with Crippen molar-refractivity contribution in [3.63, 3.8) is 0 Å². The Labute approximate surface area is 229 Å². The summed E-state index contributed by atoms with van der Waals surface area (Å²) in [5.74, 6) is -11.5. The summed E-state index contributed by atoms with van der Waals surface area (Å²) >= 11 is 0. The van der Waals surface area contributed by atoms with Crippen LogP contribution < -0.4 is 11.1 Å². The van der Waals surface area contributed by atoms with Crippen LogP contribution in [0.15, 0.2) is 28.7 Å². The molecule has 19 heteroatoms. The number of fused-ring (bicyclic) bond motifs is 3. The van der Waals surface area contributed by atoms with Crippen molar-refractivity contribution < 1.29 is 61.7 Å². The van der Waals surface area contributed by atoms with Gasteiger partial charge in [-0.3, -0.25) is 38.7 Å². The number of nitrogens with one attached hydrogen (secondary N) is 1. The largest absolute Gasteiger partial charge is 0.510 e. The molecule has 0 bridgehead atoms. The number of anilines is 1. The van der Waals surface area contributed by atoms with Crippen LogP contribution in [-0.2, 0) is 29.0 Å². The number of hydrogen-bond donors (Lipinski definition) is 7. The molecule has 0 saturated heterocycles. The van der Waals surface area contributed by atoms with Gasteiger partial charge in [0, 0.05) is 23.5 Å². The monoisotopic (exact) mass is 598 g/mol. The number of phenols is 1. The number of primary amides is 1. The maximum absolute atomic E-state index is 13.8. The van der Waals surface area contributed by atoms with Crippen LogP contribution in [0.3, 0.4) is 0 Å². The predicted molar refractivity (Wildman–Crippen MR) is 132 cm³/mol. The number of amides is 2. The smallest absolute Gasteiger partial charge is 0.397 e. The lowest BCUT2D eigenvalue weighted by Crippen LogP contribution is -2.64. The van der Waals surface area contributed by atoms with E-state index >= 15 is 0 Å². The number of phenolic OH excluding ortho intramolecular Hbond substituents is 1. The van der Waals surface area contributed by atoms with E-state index in [1.165, 1.54) is 19.0 Å². The van der Waals surface area contributed by atoms with Crippen LogP contribution in [0.2, 0.25) is 0 Å². The predicted octanol–water partition coefficient (Wildman–Crippen LogP) is -1.08. The van der Waals surface area contributed by atoms with Crippen LogP contribution in [0.1, 0.15) is 28.4 Å². The Morgan fingerprint density at radius 3 is 2.39 bits per heavy atom. The van der Waals surface area contributed by atoms with Gasteiger partial charge in [0.05, 0.1) is 27.8 Å². The van der Waals surface area contributed by atoms with Crippen LogP contribution in [-0.4, -0.2) is 92.8 Å². The second-order valence-corrected chi connectivity index (χ2v) is 10.8. The third kappa shape index (κ3) is 4.21. The molecule has 0 aromatic heterocycles. The van der Waals surface area contributed by atoms with Gasteiger partial charge in [-0.2, -0.15) is 8.42 Å². The summed E-state index contributed by atoms with van der Waals surface area (Å²) in [5, 5.41) is 58.4. The molecule has 3 aliphatic rings. The molecule has 8 N–H and O–H groups in total. The van der Waals surface area contributed by atoms with E-state index in [1.807, 2.05) is 5.32 Å². The summed E-state index contributed by atoms with van der Waals surface area (Å²) in [6.45, 7) is 0. The number of nitrogens with zero attached hydrogens (tertiary/aromatic N) is 2. The molecule has 0 spiro atoms. The topological polar surface area (TPSA) is 297 Å². The number of aromatic hydroxyl groups is 1. The van der Waals surface area contributed by atoms with Gasteiger partial charge in [0.2, 0.25) is 12.2 Å². The van der Waals surface area contributed by atoms with E-state index in [0.717, 1.165) is 0 Å². The number of benzene rings is 1. The molecular formula is C22H22N4O14S. The Hall–Kier alpha value is -4.43. The summed E-state index contributed by atoms with van der Waals surface area (Å²) < 4.78 is 38.1. The Balaban J connectivity index is 2.14. The molecule has 0 aliphatic heterocycles. The third-order valence-corrected chi connectivity index (χ3v) is 7.85. The van der Waals surface area contributed by atoms with Crippen molar-refractivity contribution in [3.05, 3.63) is 50.0 Å². The number of nitro benzene ring substituents is 1. The second-order valence-electron chi connectivity index (χ2n) is 9.71. The first kappa shape index (κ1) is 29.6. The summed E-state index contributed by atoms with van der Waals surface area (Å²) in [6, 6.07) is -0.890. The molecule has 4 rings (SSSR count). The molecule has 1 aromatic carbocycles. The normalized spacial score (nSPS) is 27.7. The highest BCUT2D eigenvalue weighted by atomic mass is 32.3. The molecule has 41 heavy (non-hydrogen) atoms. The fraction of sp³-hybridized carbons (Fsp3) is 0.364. The van der Waals surface area contributed by atoms with Crippen LogP contribution in [0.5, 0.6) is 5.75 Å².